The molecule has 0 saturated carbocycles. The molecule has 6 rings (SSSR count). The molecule has 0 spiro atoms. The van der Waals surface area contributed by atoms with Crippen LogP contribution in [0.2, 0.25) is 5.02 Å². The van der Waals surface area contributed by atoms with Crippen LogP contribution in [0.4, 0.5) is 17.1 Å². The van der Waals surface area contributed by atoms with Gasteiger partial charge in [-0.25, -0.2) is 0 Å². The largest absolute Gasteiger partial charge is 0.497 e. The van der Waals surface area contributed by atoms with Gasteiger partial charge in [-0.2, -0.15) is 0 Å². The van der Waals surface area contributed by atoms with E-state index in [0.717, 1.165) is 17.8 Å². The predicted octanol–water partition coefficient (Wildman–Crippen LogP) is 6.41. The van der Waals surface area contributed by atoms with Crippen LogP contribution in [0, 0.1) is 5.92 Å². The molecule has 2 aliphatic heterocycles. The molecule has 1 saturated heterocycles. The van der Waals surface area contributed by atoms with Crippen LogP contribution in [0.25, 0.3) is 0 Å². The molecule has 1 fully saturated rings. The molecule has 3 aromatic carbocycles. The van der Waals surface area contributed by atoms with Crippen LogP contribution in [-0.4, -0.2) is 43.7 Å². The Hall–Kier alpha value is -4.28. The standard InChI is InChI=1S/C33H30BrClN4O5/c1-43-23-8-9-25(34)24(15-23)33(42)37-27-13-20(32(41)36-22-7-11-30(44-2)26(35)14-22)6-10-29(27)38-16-19-12-21(18-38)28-4-3-5-31(40)39(28)17-19/h3-11,13-15,19,21H,12,16-18H2,1-2H3,(H,36,41)(H,37,42)/t19-,21+/m1/s1. The van der Waals surface area contributed by atoms with E-state index in [1.54, 1.807) is 61.7 Å². The van der Waals surface area contributed by atoms with Gasteiger partial charge in [-0.3, -0.25) is 14.4 Å². The van der Waals surface area contributed by atoms with E-state index in [2.05, 4.69) is 31.5 Å². The molecular formula is C33H30BrClN4O5. The number of pyridine rings is 1. The highest BCUT2D eigenvalue weighted by Gasteiger charge is 2.35. The van der Waals surface area contributed by atoms with E-state index >= 15 is 0 Å². The molecule has 9 nitrogen and oxygen atoms in total. The second-order valence-corrected chi connectivity index (χ2v) is 12.2. The minimum atomic E-state index is -0.361. The van der Waals surface area contributed by atoms with Crippen molar-refractivity contribution in [3.8, 4) is 11.5 Å². The first-order valence-corrected chi connectivity index (χ1v) is 15.3. The van der Waals surface area contributed by atoms with Crippen molar-refractivity contribution in [2.75, 3.05) is 42.8 Å². The van der Waals surface area contributed by atoms with Gasteiger partial charge in [0, 0.05) is 53.0 Å². The van der Waals surface area contributed by atoms with Gasteiger partial charge in [0.15, 0.2) is 0 Å². The third kappa shape index (κ3) is 5.92. The first-order valence-electron chi connectivity index (χ1n) is 14.1. The highest BCUT2D eigenvalue weighted by atomic mass is 79.9. The zero-order valence-corrected chi connectivity index (χ0v) is 26.4. The van der Waals surface area contributed by atoms with Gasteiger partial charge in [-0.15, -0.1) is 0 Å². The Bertz CT molecular complexity index is 1830. The number of piperidine rings is 1. The normalized spacial score (nSPS) is 17.0. The molecule has 2 amide bonds. The molecule has 0 radical (unpaired) electrons. The number of benzene rings is 3. The second kappa shape index (κ2) is 12.4. The molecule has 2 aliphatic rings. The number of nitrogens with one attached hydrogen (secondary N) is 2. The number of amides is 2. The van der Waals surface area contributed by atoms with Crippen LogP contribution in [-0.2, 0) is 6.54 Å². The van der Waals surface area contributed by atoms with Crippen molar-refractivity contribution < 1.29 is 19.1 Å². The maximum Gasteiger partial charge on any atom is 0.257 e. The Morgan fingerprint density at radius 1 is 0.909 bits per heavy atom. The van der Waals surface area contributed by atoms with Gasteiger partial charge in [0.1, 0.15) is 11.5 Å². The van der Waals surface area contributed by atoms with Gasteiger partial charge in [0.2, 0.25) is 0 Å². The minimum absolute atomic E-state index is 0.0241. The number of aromatic nitrogens is 1. The second-order valence-electron chi connectivity index (χ2n) is 10.9. The fourth-order valence-corrected chi connectivity index (χ4v) is 6.77. The molecular weight excluding hydrogens is 648 g/mol. The molecule has 2 bridgehead atoms. The number of ether oxygens (including phenoxy) is 2. The SMILES string of the molecule is COc1ccc(Br)c(C(=O)Nc2cc(C(=O)Nc3ccc(OC)c(Cl)c3)ccc2N2C[C@H]3C[C@@H](C2)c2cccc(=O)n2C3)c1. The number of methoxy groups -OCH3 is 2. The average molecular weight is 678 g/mol. The maximum atomic E-state index is 13.6. The van der Waals surface area contributed by atoms with E-state index in [4.69, 9.17) is 21.1 Å². The van der Waals surface area contributed by atoms with Crippen LogP contribution >= 0.6 is 27.5 Å². The Balaban J connectivity index is 1.34. The molecule has 1 aromatic heterocycles. The third-order valence-electron chi connectivity index (χ3n) is 8.16. The Morgan fingerprint density at radius 2 is 1.75 bits per heavy atom. The molecule has 3 heterocycles. The highest BCUT2D eigenvalue weighted by Crippen LogP contribution is 2.40. The van der Waals surface area contributed by atoms with Crippen molar-refractivity contribution in [2.45, 2.75) is 18.9 Å². The summed E-state index contributed by atoms with van der Waals surface area (Å²) in [5.41, 5.74) is 3.60. The summed E-state index contributed by atoms with van der Waals surface area (Å²) in [5.74, 6) is 0.755. The lowest BCUT2D eigenvalue weighted by Crippen LogP contribution is -2.47. The Morgan fingerprint density at radius 3 is 2.52 bits per heavy atom. The zero-order valence-electron chi connectivity index (χ0n) is 24.1. The van der Waals surface area contributed by atoms with Crippen LogP contribution < -0.4 is 30.6 Å². The zero-order chi connectivity index (χ0) is 31.0. The van der Waals surface area contributed by atoms with Crippen LogP contribution in [0.1, 0.15) is 38.7 Å². The van der Waals surface area contributed by atoms with Crippen molar-refractivity contribution in [1.29, 1.82) is 0 Å². The van der Waals surface area contributed by atoms with E-state index in [1.165, 1.54) is 7.11 Å². The van der Waals surface area contributed by atoms with Crippen molar-refractivity contribution in [3.05, 3.63) is 109 Å². The Kier molecular flexibility index (Phi) is 8.38. The topological polar surface area (TPSA) is 102 Å². The first kappa shape index (κ1) is 29.8. The minimum Gasteiger partial charge on any atom is -0.497 e. The number of hydrogen-bond acceptors (Lipinski definition) is 6. The highest BCUT2D eigenvalue weighted by molar-refractivity contribution is 9.10. The molecule has 226 valence electrons. The van der Waals surface area contributed by atoms with Crippen LogP contribution in [0.3, 0.4) is 0 Å². The Labute approximate surface area is 267 Å². The molecule has 2 atom stereocenters. The van der Waals surface area contributed by atoms with Gasteiger partial charge in [0.05, 0.1) is 36.2 Å². The molecule has 0 aliphatic carbocycles. The van der Waals surface area contributed by atoms with E-state index in [1.807, 2.05) is 22.8 Å². The summed E-state index contributed by atoms with van der Waals surface area (Å²) in [4.78, 5) is 41.8. The van der Waals surface area contributed by atoms with E-state index in [-0.39, 0.29) is 29.2 Å². The van der Waals surface area contributed by atoms with E-state index < -0.39 is 0 Å². The van der Waals surface area contributed by atoms with E-state index in [9.17, 15) is 14.4 Å². The van der Waals surface area contributed by atoms with Crippen LogP contribution in [0.5, 0.6) is 11.5 Å². The van der Waals surface area contributed by atoms with Crippen LogP contribution in [0.15, 0.2) is 82.1 Å². The van der Waals surface area contributed by atoms with Gasteiger partial charge >= 0.3 is 0 Å². The molecule has 0 unspecified atom stereocenters. The summed E-state index contributed by atoms with van der Waals surface area (Å²) < 4.78 is 13.0. The number of halogens is 2. The number of carbonyl (C=O) groups excluding carboxylic acids is 2. The molecule has 2 N–H and O–H groups in total. The smallest absolute Gasteiger partial charge is 0.257 e. The van der Waals surface area contributed by atoms with Gasteiger partial charge in [0.25, 0.3) is 17.4 Å². The number of rotatable bonds is 7. The summed E-state index contributed by atoms with van der Waals surface area (Å²) in [6, 6.07) is 20.9. The number of nitrogens with zero attached hydrogens (tertiary/aromatic N) is 2. The summed E-state index contributed by atoms with van der Waals surface area (Å²) in [6.45, 7) is 2.02. The number of anilines is 3. The van der Waals surface area contributed by atoms with E-state index in [0.29, 0.717) is 63.1 Å². The summed E-state index contributed by atoms with van der Waals surface area (Å²) in [6.07, 6.45) is 0.989. The monoisotopic (exact) mass is 676 g/mol. The lowest BCUT2D eigenvalue weighted by atomic mass is 9.83. The van der Waals surface area contributed by atoms with Gasteiger partial charge < -0.3 is 29.6 Å². The van der Waals surface area contributed by atoms with Crippen molar-refractivity contribution in [2.24, 2.45) is 5.92 Å². The fraction of sp³-hybridized carbons (Fsp3) is 0.242. The summed E-state index contributed by atoms with van der Waals surface area (Å²) in [5, 5.41) is 6.30. The number of fused-ring (bicyclic) bond motifs is 4. The van der Waals surface area contributed by atoms with Gasteiger partial charge in [-0.1, -0.05) is 17.7 Å². The lowest BCUT2D eigenvalue weighted by molar-refractivity contribution is 0.101. The summed E-state index contributed by atoms with van der Waals surface area (Å²) >= 11 is 9.74. The fourth-order valence-electron chi connectivity index (χ4n) is 6.09. The van der Waals surface area contributed by atoms with Gasteiger partial charge in [-0.05, 0) is 88.9 Å². The van der Waals surface area contributed by atoms with Crippen molar-refractivity contribution >= 4 is 56.4 Å². The van der Waals surface area contributed by atoms with Crippen molar-refractivity contribution in [3.63, 3.8) is 0 Å². The first-order chi connectivity index (χ1) is 21.2. The maximum absolute atomic E-state index is 13.6. The molecule has 11 heteroatoms. The molecule has 44 heavy (non-hydrogen) atoms. The number of hydrogen-bond donors (Lipinski definition) is 2. The average Bonchev–Trinajstić information content (AvgIpc) is 3.01. The van der Waals surface area contributed by atoms with Crippen molar-refractivity contribution in [1.82, 2.24) is 4.57 Å². The predicted molar refractivity (Wildman–Crippen MR) is 175 cm³/mol. The quantitative estimate of drug-likeness (QED) is 0.235. The third-order valence-corrected chi connectivity index (χ3v) is 9.14. The lowest BCUT2D eigenvalue weighted by Gasteiger charge is -2.44. The molecule has 4 aromatic rings. The summed E-state index contributed by atoms with van der Waals surface area (Å²) in [7, 11) is 3.07. The number of carbonyl (C=O) groups is 2.